The normalized spacial score (nSPS) is 16.4. The lowest BCUT2D eigenvalue weighted by Gasteiger charge is -2.32. The van der Waals surface area contributed by atoms with Crippen LogP contribution in [0.25, 0.3) is 12.2 Å². The second kappa shape index (κ2) is 8.37. The minimum absolute atomic E-state index is 0.152. The summed E-state index contributed by atoms with van der Waals surface area (Å²) < 4.78 is 31.7. The maximum absolute atomic E-state index is 12.5. The fraction of sp³-hybridized carbons (Fsp3) is 0.250. The Morgan fingerprint density at radius 2 is 1.70 bits per heavy atom. The summed E-state index contributed by atoms with van der Waals surface area (Å²) in [6.45, 7) is 3.12. The van der Waals surface area contributed by atoms with E-state index in [1.807, 2.05) is 43.3 Å². The van der Waals surface area contributed by atoms with E-state index in [0.29, 0.717) is 18.8 Å². The van der Waals surface area contributed by atoms with Crippen LogP contribution in [0.15, 0.2) is 58.4 Å². The SMILES string of the molecule is Cc1ccc(/C=C/C(=O)N2CCN(S(=O)(=O)/C=C\c3ccccc3)CC2)o1. The van der Waals surface area contributed by atoms with Crippen molar-refractivity contribution in [1.29, 1.82) is 0 Å². The average molecular weight is 386 g/mol. The number of amides is 1. The van der Waals surface area contributed by atoms with Crippen molar-refractivity contribution >= 4 is 28.1 Å². The van der Waals surface area contributed by atoms with Crippen LogP contribution >= 0.6 is 0 Å². The summed E-state index contributed by atoms with van der Waals surface area (Å²) in [6.07, 6.45) is 4.67. The van der Waals surface area contributed by atoms with E-state index in [1.54, 1.807) is 23.1 Å². The third-order valence-electron chi connectivity index (χ3n) is 4.29. The lowest BCUT2D eigenvalue weighted by molar-refractivity contribution is -0.127. The molecule has 6 nitrogen and oxygen atoms in total. The van der Waals surface area contributed by atoms with E-state index in [9.17, 15) is 13.2 Å². The van der Waals surface area contributed by atoms with Gasteiger partial charge < -0.3 is 9.32 Å². The Hall–Kier alpha value is -2.64. The molecule has 1 aromatic carbocycles. The van der Waals surface area contributed by atoms with Crippen molar-refractivity contribution in [2.24, 2.45) is 0 Å². The molecule has 0 unspecified atom stereocenters. The highest BCUT2D eigenvalue weighted by molar-refractivity contribution is 7.92. The Morgan fingerprint density at radius 1 is 1.00 bits per heavy atom. The number of hydrogen-bond donors (Lipinski definition) is 0. The molecular weight excluding hydrogens is 364 g/mol. The van der Waals surface area contributed by atoms with Gasteiger partial charge in [0.15, 0.2) is 0 Å². The van der Waals surface area contributed by atoms with Gasteiger partial charge in [-0.1, -0.05) is 30.3 Å². The lowest BCUT2D eigenvalue weighted by atomic mass is 10.2. The predicted octanol–water partition coefficient (Wildman–Crippen LogP) is 2.75. The lowest BCUT2D eigenvalue weighted by Crippen LogP contribution is -2.49. The Labute approximate surface area is 159 Å². The van der Waals surface area contributed by atoms with Gasteiger partial charge in [0.2, 0.25) is 15.9 Å². The van der Waals surface area contributed by atoms with Gasteiger partial charge in [0.05, 0.1) is 0 Å². The van der Waals surface area contributed by atoms with Crippen LogP contribution in [-0.2, 0) is 14.8 Å². The standard InChI is InChI=1S/C20H22N2O4S/c1-17-7-8-19(26-17)9-10-20(23)21-12-14-22(15-13-21)27(24,25)16-11-18-5-3-2-4-6-18/h2-11,16H,12-15H2,1H3/b10-9+,16-11-. The van der Waals surface area contributed by atoms with E-state index < -0.39 is 10.0 Å². The Morgan fingerprint density at radius 3 is 2.33 bits per heavy atom. The summed E-state index contributed by atoms with van der Waals surface area (Å²) >= 11 is 0. The van der Waals surface area contributed by atoms with E-state index in [2.05, 4.69) is 0 Å². The average Bonchev–Trinajstić information content (AvgIpc) is 3.11. The summed E-state index contributed by atoms with van der Waals surface area (Å²) in [4.78, 5) is 13.9. The van der Waals surface area contributed by atoms with Crippen molar-refractivity contribution in [1.82, 2.24) is 9.21 Å². The first-order valence-electron chi connectivity index (χ1n) is 8.71. The highest BCUT2D eigenvalue weighted by atomic mass is 32.2. The van der Waals surface area contributed by atoms with Gasteiger partial charge in [-0.3, -0.25) is 4.79 Å². The molecule has 0 saturated carbocycles. The topological polar surface area (TPSA) is 70.8 Å². The van der Waals surface area contributed by atoms with Gasteiger partial charge in [-0.15, -0.1) is 0 Å². The maximum Gasteiger partial charge on any atom is 0.246 e. The first-order chi connectivity index (χ1) is 12.9. The van der Waals surface area contributed by atoms with Crippen LogP contribution in [-0.4, -0.2) is 49.7 Å². The molecule has 1 fully saturated rings. The fourth-order valence-electron chi connectivity index (χ4n) is 2.78. The fourth-order valence-corrected chi connectivity index (χ4v) is 3.95. The second-order valence-electron chi connectivity index (χ2n) is 6.26. The summed E-state index contributed by atoms with van der Waals surface area (Å²) in [5.41, 5.74) is 0.827. The number of sulfonamides is 1. The van der Waals surface area contributed by atoms with E-state index >= 15 is 0 Å². The van der Waals surface area contributed by atoms with Gasteiger partial charge in [-0.25, -0.2) is 8.42 Å². The molecule has 7 heteroatoms. The van der Waals surface area contributed by atoms with Crippen molar-refractivity contribution < 1.29 is 17.6 Å². The van der Waals surface area contributed by atoms with E-state index in [1.165, 1.54) is 15.8 Å². The molecule has 0 atom stereocenters. The number of hydrogen-bond acceptors (Lipinski definition) is 4. The highest BCUT2D eigenvalue weighted by Gasteiger charge is 2.26. The zero-order chi connectivity index (χ0) is 19.3. The first-order valence-corrected chi connectivity index (χ1v) is 10.2. The number of carbonyl (C=O) groups is 1. The minimum Gasteiger partial charge on any atom is -0.462 e. The molecule has 2 heterocycles. The maximum atomic E-state index is 12.5. The second-order valence-corrected chi connectivity index (χ2v) is 8.08. The van der Waals surface area contributed by atoms with Gasteiger partial charge in [-0.2, -0.15) is 4.31 Å². The smallest absolute Gasteiger partial charge is 0.246 e. The quantitative estimate of drug-likeness (QED) is 0.741. The number of carbonyl (C=O) groups excluding carboxylic acids is 1. The summed E-state index contributed by atoms with van der Waals surface area (Å²) in [7, 11) is -3.50. The zero-order valence-corrected chi connectivity index (χ0v) is 15.9. The number of nitrogens with zero attached hydrogens (tertiary/aromatic N) is 2. The largest absolute Gasteiger partial charge is 0.462 e. The molecule has 1 aromatic heterocycles. The van der Waals surface area contributed by atoms with Crippen molar-refractivity contribution in [3.8, 4) is 0 Å². The number of piperazine rings is 1. The van der Waals surface area contributed by atoms with Crippen LogP contribution in [0.1, 0.15) is 17.1 Å². The molecule has 0 N–H and O–H groups in total. The van der Waals surface area contributed by atoms with E-state index in [0.717, 1.165) is 11.3 Å². The number of rotatable bonds is 5. The van der Waals surface area contributed by atoms with E-state index in [-0.39, 0.29) is 19.0 Å². The molecule has 1 amide bonds. The Bertz CT molecular complexity index is 937. The highest BCUT2D eigenvalue weighted by Crippen LogP contribution is 2.13. The zero-order valence-electron chi connectivity index (χ0n) is 15.1. The summed E-state index contributed by atoms with van der Waals surface area (Å²) in [5.74, 6) is 1.25. The van der Waals surface area contributed by atoms with Crippen LogP contribution in [0.5, 0.6) is 0 Å². The van der Waals surface area contributed by atoms with Crippen LogP contribution in [0.4, 0.5) is 0 Å². The molecule has 0 bridgehead atoms. The summed E-state index contributed by atoms with van der Waals surface area (Å²) in [5, 5.41) is 1.22. The van der Waals surface area contributed by atoms with Crippen LogP contribution in [0, 0.1) is 6.92 Å². The van der Waals surface area contributed by atoms with Crippen molar-refractivity contribution in [3.63, 3.8) is 0 Å². The molecule has 1 aliphatic rings. The third-order valence-corrected chi connectivity index (χ3v) is 5.86. The predicted molar refractivity (Wildman–Crippen MR) is 105 cm³/mol. The van der Waals surface area contributed by atoms with Gasteiger partial charge in [0, 0.05) is 37.7 Å². The monoisotopic (exact) mass is 386 g/mol. The van der Waals surface area contributed by atoms with Gasteiger partial charge in [-0.05, 0) is 36.8 Å². The minimum atomic E-state index is -3.50. The Balaban J connectivity index is 1.55. The molecule has 0 radical (unpaired) electrons. The molecule has 1 aliphatic heterocycles. The van der Waals surface area contributed by atoms with Crippen LogP contribution in [0.2, 0.25) is 0 Å². The summed E-state index contributed by atoms with van der Waals surface area (Å²) in [6, 6.07) is 12.9. The molecule has 0 spiro atoms. The molecular formula is C20H22N2O4S. The number of benzene rings is 1. The molecule has 1 saturated heterocycles. The molecule has 0 aliphatic carbocycles. The van der Waals surface area contributed by atoms with Gasteiger partial charge >= 0.3 is 0 Å². The van der Waals surface area contributed by atoms with E-state index in [4.69, 9.17) is 4.42 Å². The molecule has 2 aromatic rings. The van der Waals surface area contributed by atoms with Gasteiger partial charge in [0.25, 0.3) is 0 Å². The molecule has 142 valence electrons. The Kier molecular flexibility index (Phi) is 5.93. The molecule has 27 heavy (non-hydrogen) atoms. The number of furan rings is 1. The van der Waals surface area contributed by atoms with Crippen molar-refractivity contribution in [2.45, 2.75) is 6.92 Å². The van der Waals surface area contributed by atoms with Crippen LogP contribution < -0.4 is 0 Å². The van der Waals surface area contributed by atoms with Crippen molar-refractivity contribution in [3.05, 3.63) is 71.0 Å². The third kappa shape index (κ3) is 5.18. The molecule has 3 rings (SSSR count). The van der Waals surface area contributed by atoms with Gasteiger partial charge in [0.1, 0.15) is 11.5 Å². The first kappa shape index (κ1) is 19.1. The van der Waals surface area contributed by atoms with Crippen molar-refractivity contribution in [2.75, 3.05) is 26.2 Å². The number of aryl methyl sites for hydroxylation is 1. The van der Waals surface area contributed by atoms with Crippen LogP contribution in [0.3, 0.4) is 0 Å².